The van der Waals surface area contributed by atoms with Crippen LogP contribution in [0.1, 0.15) is 25.3 Å². The summed E-state index contributed by atoms with van der Waals surface area (Å²) in [6, 6.07) is 17.5. The average Bonchev–Trinajstić information content (AvgIpc) is 2.67. The molecule has 2 aromatic carbocycles. The zero-order valence-electron chi connectivity index (χ0n) is 15.8. The third-order valence-corrected chi connectivity index (χ3v) is 4.65. The predicted octanol–water partition coefficient (Wildman–Crippen LogP) is 4.60. The van der Waals surface area contributed by atoms with Gasteiger partial charge in [0, 0.05) is 24.0 Å². The molecule has 1 aliphatic carbocycles. The smallest absolute Gasteiger partial charge is 0.312 e. The summed E-state index contributed by atoms with van der Waals surface area (Å²) in [5, 5.41) is 15.6. The standard InChI is InChI=1S/C23H24N2O3/c1-16(26)24-19-8-5-9-20(15-19)25-22-14-18(12-13-21(22)23(27)28)11-10-17-6-3-2-4-7-17/h2-9,12,14-15,21,25H,10-11,13H2,1H3,(H,24,26)(H,27,28). The SMILES string of the molecule is CC(=O)Nc1cccc(NC2=CC(CCc3ccccc3)=CCC2C(=O)O)c1. The van der Waals surface area contributed by atoms with E-state index in [2.05, 4.69) is 22.8 Å². The number of aryl methyl sites for hydroxylation is 1. The fourth-order valence-electron chi connectivity index (χ4n) is 3.26. The van der Waals surface area contributed by atoms with Crippen molar-refractivity contribution < 1.29 is 14.7 Å². The number of carboxylic acid groups (broad SMARTS) is 1. The van der Waals surface area contributed by atoms with E-state index in [0.717, 1.165) is 24.1 Å². The minimum Gasteiger partial charge on any atom is -0.481 e. The van der Waals surface area contributed by atoms with E-state index >= 15 is 0 Å². The van der Waals surface area contributed by atoms with Gasteiger partial charge >= 0.3 is 5.97 Å². The fraction of sp³-hybridized carbons (Fsp3) is 0.217. The van der Waals surface area contributed by atoms with Crippen LogP contribution in [0.4, 0.5) is 11.4 Å². The molecule has 1 aliphatic rings. The number of benzene rings is 2. The van der Waals surface area contributed by atoms with Crippen LogP contribution < -0.4 is 10.6 Å². The van der Waals surface area contributed by atoms with E-state index in [1.807, 2.05) is 42.5 Å². The summed E-state index contributed by atoms with van der Waals surface area (Å²) in [5.74, 6) is -1.61. The van der Waals surface area contributed by atoms with E-state index in [1.54, 1.807) is 12.1 Å². The molecule has 0 fully saturated rings. The van der Waals surface area contributed by atoms with Crippen molar-refractivity contribution in [3.63, 3.8) is 0 Å². The number of aliphatic carboxylic acids is 1. The van der Waals surface area contributed by atoms with E-state index in [-0.39, 0.29) is 5.91 Å². The van der Waals surface area contributed by atoms with Gasteiger partial charge in [0.15, 0.2) is 0 Å². The second-order valence-electron chi connectivity index (χ2n) is 6.88. The number of nitrogens with one attached hydrogen (secondary N) is 2. The Morgan fingerprint density at radius 1 is 1.04 bits per heavy atom. The van der Waals surface area contributed by atoms with Crippen molar-refractivity contribution in [3.05, 3.63) is 83.6 Å². The van der Waals surface area contributed by atoms with E-state index < -0.39 is 11.9 Å². The topological polar surface area (TPSA) is 78.4 Å². The van der Waals surface area contributed by atoms with Gasteiger partial charge in [-0.2, -0.15) is 0 Å². The highest BCUT2D eigenvalue weighted by atomic mass is 16.4. The monoisotopic (exact) mass is 376 g/mol. The minimum atomic E-state index is -0.852. The summed E-state index contributed by atoms with van der Waals surface area (Å²) >= 11 is 0. The normalized spacial score (nSPS) is 16.0. The first-order valence-electron chi connectivity index (χ1n) is 9.33. The summed E-state index contributed by atoms with van der Waals surface area (Å²) < 4.78 is 0. The number of carbonyl (C=O) groups is 2. The number of hydrogen-bond acceptors (Lipinski definition) is 3. The Balaban J connectivity index is 1.75. The Kier molecular flexibility index (Phi) is 6.27. The molecule has 1 atom stereocenters. The van der Waals surface area contributed by atoms with Crippen LogP contribution in [0.2, 0.25) is 0 Å². The van der Waals surface area contributed by atoms with E-state index in [0.29, 0.717) is 17.8 Å². The summed E-state index contributed by atoms with van der Waals surface area (Å²) in [7, 11) is 0. The number of anilines is 2. The molecule has 3 N–H and O–H groups in total. The van der Waals surface area contributed by atoms with Crippen molar-refractivity contribution in [2.24, 2.45) is 5.92 Å². The van der Waals surface area contributed by atoms with Gasteiger partial charge in [-0.3, -0.25) is 9.59 Å². The molecule has 0 bridgehead atoms. The summed E-state index contributed by atoms with van der Waals surface area (Å²) in [6.07, 6.45) is 6.18. The van der Waals surface area contributed by atoms with E-state index in [1.165, 1.54) is 12.5 Å². The number of amides is 1. The summed E-state index contributed by atoms with van der Waals surface area (Å²) in [5.41, 5.74) is 4.46. The first kappa shape index (κ1) is 19.4. The van der Waals surface area contributed by atoms with Crippen LogP contribution in [0.5, 0.6) is 0 Å². The van der Waals surface area contributed by atoms with Crippen molar-refractivity contribution in [1.82, 2.24) is 0 Å². The minimum absolute atomic E-state index is 0.149. The highest BCUT2D eigenvalue weighted by Crippen LogP contribution is 2.28. The Hall–Kier alpha value is -3.34. The zero-order chi connectivity index (χ0) is 19.9. The highest BCUT2D eigenvalue weighted by molar-refractivity contribution is 5.89. The van der Waals surface area contributed by atoms with Crippen molar-refractivity contribution in [2.45, 2.75) is 26.2 Å². The van der Waals surface area contributed by atoms with Gasteiger partial charge in [-0.15, -0.1) is 0 Å². The van der Waals surface area contributed by atoms with Gasteiger partial charge in [0.2, 0.25) is 5.91 Å². The van der Waals surface area contributed by atoms with E-state index in [9.17, 15) is 14.7 Å². The molecular weight excluding hydrogens is 352 g/mol. The Morgan fingerprint density at radius 2 is 1.79 bits per heavy atom. The van der Waals surface area contributed by atoms with Crippen LogP contribution in [-0.4, -0.2) is 17.0 Å². The maximum atomic E-state index is 11.7. The molecule has 0 radical (unpaired) electrons. The van der Waals surface area contributed by atoms with Crippen molar-refractivity contribution in [3.8, 4) is 0 Å². The van der Waals surface area contributed by atoms with Crippen LogP contribution in [0, 0.1) is 5.92 Å². The Bertz CT molecular complexity index is 916. The largest absolute Gasteiger partial charge is 0.481 e. The molecule has 0 aromatic heterocycles. The van der Waals surface area contributed by atoms with Gasteiger partial charge in [-0.1, -0.05) is 42.5 Å². The second-order valence-corrected chi connectivity index (χ2v) is 6.88. The number of carbonyl (C=O) groups excluding carboxylic acids is 1. The molecule has 144 valence electrons. The third kappa shape index (κ3) is 5.33. The molecule has 0 heterocycles. The fourth-order valence-corrected chi connectivity index (χ4v) is 3.26. The van der Waals surface area contributed by atoms with Crippen molar-refractivity contribution >= 4 is 23.3 Å². The number of hydrogen-bond donors (Lipinski definition) is 3. The van der Waals surface area contributed by atoms with Crippen LogP contribution in [0.3, 0.4) is 0 Å². The molecule has 2 aromatic rings. The summed E-state index contributed by atoms with van der Waals surface area (Å²) in [4.78, 5) is 22.9. The second kappa shape index (κ2) is 9.04. The lowest BCUT2D eigenvalue weighted by molar-refractivity contribution is -0.140. The zero-order valence-corrected chi connectivity index (χ0v) is 15.8. The average molecular weight is 376 g/mol. The van der Waals surface area contributed by atoms with Gasteiger partial charge in [0.1, 0.15) is 5.92 Å². The van der Waals surface area contributed by atoms with Crippen LogP contribution in [-0.2, 0) is 16.0 Å². The Morgan fingerprint density at radius 3 is 2.50 bits per heavy atom. The van der Waals surface area contributed by atoms with Crippen molar-refractivity contribution in [1.29, 1.82) is 0 Å². The predicted molar refractivity (Wildman–Crippen MR) is 111 cm³/mol. The summed E-state index contributed by atoms with van der Waals surface area (Å²) in [6.45, 7) is 1.45. The van der Waals surface area contributed by atoms with Crippen LogP contribution in [0.15, 0.2) is 78.0 Å². The number of rotatable bonds is 7. The van der Waals surface area contributed by atoms with Crippen molar-refractivity contribution in [2.75, 3.05) is 10.6 Å². The van der Waals surface area contributed by atoms with Gasteiger partial charge in [0.25, 0.3) is 0 Å². The van der Waals surface area contributed by atoms with Crippen LogP contribution >= 0.6 is 0 Å². The number of carboxylic acids is 1. The molecule has 5 heteroatoms. The lowest BCUT2D eigenvalue weighted by Crippen LogP contribution is -2.23. The maximum absolute atomic E-state index is 11.7. The van der Waals surface area contributed by atoms with Crippen LogP contribution in [0.25, 0.3) is 0 Å². The highest BCUT2D eigenvalue weighted by Gasteiger charge is 2.25. The van der Waals surface area contributed by atoms with Gasteiger partial charge in [0.05, 0.1) is 0 Å². The number of allylic oxidation sites excluding steroid dienone is 3. The molecule has 28 heavy (non-hydrogen) atoms. The third-order valence-electron chi connectivity index (χ3n) is 4.65. The molecule has 0 spiro atoms. The lowest BCUT2D eigenvalue weighted by atomic mass is 9.90. The maximum Gasteiger partial charge on any atom is 0.312 e. The van der Waals surface area contributed by atoms with Gasteiger partial charge in [-0.25, -0.2) is 0 Å². The molecule has 5 nitrogen and oxygen atoms in total. The molecule has 1 amide bonds. The Labute approximate surface area is 164 Å². The van der Waals surface area contributed by atoms with Gasteiger partial charge in [-0.05, 0) is 54.7 Å². The molecule has 1 unspecified atom stereocenters. The molecule has 0 saturated carbocycles. The first-order valence-corrected chi connectivity index (χ1v) is 9.33. The molecule has 0 aliphatic heterocycles. The molecule has 3 rings (SSSR count). The first-order chi connectivity index (χ1) is 13.5. The quantitative estimate of drug-likeness (QED) is 0.660. The van der Waals surface area contributed by atoms with E-state index in [4.69, 9.17) is 0 Å². The van der Waals surface area contributed by atoms with Gasteiger partial charge < -0.3 is 15.7 Å². The molecule has 0 saturated heterocycles. The molecular formula is C23H24N2O3. The lowest BCUT2D eigenvalue weighted by Gasteiger charge is -2.22.